The van der Waals surface area contributed by atoms with E-state index >= 15 is 0 Å². The van der Waals surface area contributed by atoms with Crippen LogP contribution < -0.4 is 11.2 Å². The van der Waals surface area contributed by atoms with Crippen LogP contribution in [0.15, 0.2) is 35.4 Å². The van der Waals surface area contributed by atoms with Crippen LogP contribution in [0.4, 0.5) is 17.6 Å². The maximum absolute atomic E-state index is 13.4. The fraction of sp³-hybridized carbons (Fsp3) is 0.0714. The Morgan fingerprint density at radius 3 is 2.58 bits per heavy atom. The van der Waals surface area contributed by atoms with Crippen LogP contribution in [-0.2, 0) is 6.18 Å². The lowest BCUT2D eigenvalue weighted by Crippen LogP contribution is -2.23. The summed E-state index contributed by atoms with van der Waals surface area (Å²) in [5, 5.41) is 2.57. The summed E-state index contributed by atoms with van der Waals surface area (Å²) in [5.74, 6) is -2.46. The molecule has 0 radical (unpaired) electrons. The molecule has 0 saturated heterocycles. The zero-order valence-electron chi connectivity index (χ0n) is 11.7. The van der Waals surface area contributed by atoms with Crippen LogP contribution in [0.25, 0.3) is 16.9 Å². The molecule has 0 aliphatic rings. The summed E-state index contributed by atoms with van der Waals surface area (Å²) >= 11 is 0. The van der Waals surface area contributed by atoms with Crippen molar-refractivity contribution in [2.24, 2.45) is 5.73 Å². The van der Waals surface area contributed by atoms with Crippen molar-refractivity contribution in [3.8, 4) is 11.3 Å². The summed E-state index contributed by atoms with van der Waals surface area (Å²) in [6.45, 7) is 0. The van der Waals surface area contributed by atoms with Gasteiger partial charge in [0.25, 0.3) is 5.91 Å². The summed E-state index contributed by atoms with van der Waals surface area (Å²) in [7, 11) is 0. The number of nitrogens with two attached hydrogens (primary N) is 1. The Hall–Kier alpha value is -3.17. The highest BCUT2D eigenvalue weighted by Gasteiger charge is 2.34. The van der Waals surface area contributed by atoms with Gasteiger partial charge in [-0.15, -0.1) is 0 Å². The second kappa shape index (κ2) is 5.18. The van der Waals surface area contributed by atoms with Crippen LogP contribution in [-0.4, -0.2) is 20.5 Å². The minimum absolute atomic E-state index is 0.0250. The third kappa shape index (κ3) is 2.41. The largest absolute Gasteiger partial charge is 0.419 e. The van der Waals surface area contributed by atoms with Gasteiger partial charge in [0.05, 0.1) is 11.3 Å². The number of fused-ring (bicyclic) bond motifs is 1. The van der Waals surface area contributed by atoms with Crippen LogP contribution in [0.3, 0.4) is 0 Å². The van der Waals surface area contributed by atoms with Crippen molar-refractivity contribution >= 4 is 11.6 Å². The van der Waals surface area contributed by atoms with E-state index in [1.54, 1.807) is 0 Å². The highest BCUT2D eigenvalue weighted by Crippen LogP contribution is 2.34. The summed E-state index contributed by atoms with van der Waals surface area (Å²) in [6.07, 6.45) is -3.76. The molecule has 0 aliphatic carbocycles. The molecule has 2 heterocycles. The number of hydrogen-bond donors (Lipinski definition) is 2. The normalized spacial score (nSPS) is 11.8. The van der Waals surface area contributed by atoms with Gasteiger partial charge in [-0.3, -0.25) is 14.7 Å². The molecule has 124 valence electrons. The highest BCUT2D eigenvalue weighted by atomic mass is 19.4. The number of aromatic nitrogens is 3. The van der Waals surface area contributed by atoms with E-state index in [1.165, 1.54) is 0 Å². The topological polar surface area (TPSA) is 93.3 Å². The number of alkyl halides is 3. The standard InChI is InChI=1S/C14H8F4N4O2/c15-8-2-1-6(3-7(8)14(16,17)18)9-4-10(23)11(12(19)24)13-20-5-21-22(9)13/h1-5H,(H2,19,24)(H,20,21). The van der Waals surface area contributed by atoms with E-state index < -0.39 is 34.5 Å². The Morgan fingerprint density at radius 2 is 1.96 bits per heavy atom. The average Bonchev–Trinajstić information content (AvgIpc) is 2.94. The molecule has 6 nitrogen and oxygen atoms in total. The van der Waals surface area contributed by atoms with Crippen molar-refractivity contribution in [2.75, 3.05) is 0 Å². The monoisotopic (exact) mass is 340 g/mol. The number of primary amides is 1. The number of hydrogen-bond acceptors (Lipinski definition) is 3. The fourth-order valence-corrected chi connectivity index (χ4v) is 2.34. The number of nitrogens with zero attached hydrogens (tertiary/aromatic N) is 2. The Labute approximate surface area is 130 Å². The minimum Gasteiger partial charge on any atom is -0.365 e. The first-order valence-corrected chi connectivity index (χ1v) is 6.46. The predicted molar refractivity (Wildman–Crippen MR) is 74.7 cm³/mol. The van der Waals surface area contributed by atoms with Crippen molar-refractivity contribution in [2.45, 2.75) is 6.18 Å². The maximum atomic E-state index is 13.4. The molecule has 3 rings (SSSR count). The number of pyridine rings is 1. The minimum atomic E-state index is -4.90. The van der Waals surface area contributed by atoms with Gasteiger partial charge in [-0.25, -0.2) is 13.9 Å². The average molecular weight is 340 g/mol. The molecule has 0 atom stereocenters. The van der Waals surface area contributed by atoms with Crippen LogP contribution in [0, 0.1) is 5.82 Å². The summed E-state index contributed by atoms with van der Waals surface area (Å²) < 4.78 is 53.1. The first kappa shape index (κ1) is 15.7. The molecule has 24 heavy (non-hydrogen) atoms. The van der Waals surface area contributed by atoms with Crippen LogP contribution in [0.5, 0.6) is 0 Å². The van der Waals surface area contributed by atoms with E-state index in [-0.39, 0.29) is 16.9 Å². The lowest BCUT2D eigenvalue weighted by Gasteiger charge is -2.11. The van der Waals surface area contributed by atoms with Gasteiger partial charge in [-0.1, -0.05) is 0 Å². The van der Waals surface area contributed by atoms with E-state index in [9.17, 15) is 27.2 Å². The molecule has 1 amide bonds. The van der Waals surface area contributed by atoms with Gasteiger partial charge in [0.2, 0.25) is 0 Å². The molecular weight excluding hydrogens is 332 g/mol. The Bertz CT molecular complexity index is 1020. The van der Waals surface area contributed by atoms with Crippen LogP contribution >= 0.6 is 0 Å². The van der Waals surface area contributed by atoms with Gasteiger partial charge in [-0.05, 0) is 18.2 Å². The molecule has 3 aromatic rings. The van der Waals surface area contributed by atoms with E-state index in [1.807, 2.05) is 0 Å². The van der Waals surface area contributed by atoms with Gasteiger partial charge >= 0.3 is 6.18 Å². The van der Waals surface area contributed by atoms with E-state index in [0.717, 1.165) is 23.0 Å². The van der Waals surface area contributed by atoms with Crippen molar-refractivity contribution in [1.82, 2.24) is 14.6 Å². The van der Waals surface area contributed by atoms with E-state index in [4.69, 9.17) is 5.73 Å². The van der Waals surface area contributed by atoms with Gasteiger partial charge in [0.15, 0.2) is 11.1 Å². The number of aromatic amines is 1. The molecule has 0 spiro atoms. The predicted octanol–water partition coefficient (Wildman–Crippen LogP) is 1.95. The lowest BCUT2D eigenvalue weighted by atomic mass is 10.1. The van der Waals surface area contributed by atoms with Gasteiger partial charge in [0.1, 0.15) is 17.7 Å². The van der Waals surface area contributed by atoms with E-state index in [2.05, 4.69) is 10.1 Å². The van der Waals surface area contributed by atoms with Crippen molar-refractivity contribution in [3.05, 3.63) is 57.8 Å². The molecule has 10 heteroatoms. The SMILES string of the molecule is NC(=O)c1c(=O)cc(-c2ccc(F)c(C(F)(F)F)c2)n2[nH]cnc12. The number of halogens is 4. The molecule has 0 saturated carbocycles. The third-order valence-electron chi connectivity index (χ3n) is 3.38. The molecule has 0 bridgehead atoms. The molecule has 0 fully saturated rings. The maximum Gasteiger partial charge on any atom is 0.419 e. The first-order chi connectivity index (χ1) is 11.2. The lowest BCUT2D eigenvalue weighted by molar-refractivity contribution is -0.139. The fourth-order valence-electron chi connectivity index (χ4n) is 2.34. The number of carbonyl (C=O) groups excluding carboxylic acids is 1. The number of rotatable bonds is 2. The molecule has 0 unspecified atom stereocenters. The van der Waals surface area contributed by atoms with Crippen molar-refractivity contribution in [3.63, 3.8) is 0 Å². The smallest absolute Gasteiger partial charge is 0.365 e. The number of amides is 1. The number of benzene rings is 1. The quantitative estimate of drug-likeness (QED) is 0.698. The molecular formula is C14H8F4N4O2. The summed E-state index contributed by atoms with van der Waals surface area (Å²) in [4.78, 5) is 27.2. The van der Waals surface area contributed by atoms with Gasteiger partial charge in [-0.2, -0.15) is 13.2 Å². The van der Waals surface area contributed by atoms with Crippen LogP contribution in [0.2, 0.25) is 0 Å². The zero-order valence-corrected chi connectivity index (χ0v) is 11.7. The van der Waals surface area contributed by atoms with Crippen molar-refractivity contribution in [1.29, 1.82) is 0 Å². The van der Waals surface area contributed by atoms with Crippen molar-refractivity contribution < 1.29 is 22.4 Å². The van der Waals surface area contributed by atoms with Crippen LogP contribution in [0.1, 0.15) is 15.9 Å². The molecule has 0 aliphatic heterocycles. The Balaban J connectivity index is 2.33. The summed E-state index contributed by atoms with van der Waals surface area (Å²) in [5.41, 5.74) is 2.20. The second-order valence-corrected chi connectivity index (χ2v) is 4.87. The number of carbonyl (C=O) groups is 1. The number of H-pyrrole nitrogens is 1. The first-order valence-electron chi connectivity index (χ1n) is 6.46. The molecule has 2 aromatic heterocycles. The second-order valence-electron chi connectivity index (χ2n) is 4.87. The van der Waals surface area contributed by atoms with Gasteiger partial charge < -0.3 is 5.73 Å². The molecule has 1 aromatic carbocycles. The summed E-state index contributed by atoms with van der Waals surface area (Å²) in [6, 6.07) is 3.23. The Kier molecular flexibility index (Phi) is 3.39. The zero-order chi connectivity index (χ0) is 17.6. The Morgan fingerprint density at radius 1 is 1.25 bits per heavy atom. The van der Waals surface area contributed by atoms with Gasteiger partial charge in [0, 0.05) is 11.6 Å². The highest BCUT2D eigenvalue weighted by molar-refractivity contribution is 5.99. The third-order valence-corrected chi connectivity index (χ3v) is 3.38. The van der Waals surface area contributed by atoms with E-state index in [0.29, 0.717) is 12.1 Å². The molecule has 3 N–H and O–H groups in total. The number of nitrogens with one attached hydrogen (secondary N) is 1.